The molecule has 0 aromatic carbocycles. The van der Waals surface area contributed by atoms with Gasteiger partial charge in [0.1, 0.15) is 0 Å². The Morgan fingerprint density at radius 1 is 1.40 bits per heavy atom. The molecule has 0 unspecified atom stereocenters. The fourth-order valence-corrected chi connectivity index (χ4v) is 3.13. The number of nitrogens with two attached hydrogens (primary N) is 1. The molecule has 1 fully saturated rings. The van der Waals surface area contributed by atoms with Crippen LogP contribution in [0.5, 0.6) is 0 Å². The summed E-state index contributed by atoms with van der Waals surface area (Å²) in [6.07, 6.45) is 5.17. The molecule has 0 aromatic rings. The average Bonchev–Trinajstić information content (AvgIpc) is 2.49. The Hall–Kier alpha value is -0.730. The zero-order valence-electron chi connectivity index (χ0n) is 10.2. The zero-order chi connectivity index (χ0) is 11.1. The minimum atomic E-state index is 0.269. The first kappa shape index (κ1) is 10.8. The first-order valence-electron chi connectivity index (χ1n) is 6.14. The predicted octanol–water partition coefficient (Wildman–Crippen LogP) is 1.97. The Bertz CT molecular complexity index is 262. The monoisotopic (exact) mass is 209 g/mol. The fourth-order valence-electron chi connectivity index (χ4n) is 3.13. The second-order valence-electron chi connectivity index (χ2n) is 5.55. The number of aliphatic imine (C=N–C) groups is 1. The third kappa shape index (κ3) is 1.72. The van der Waals surface area contributed by atoms with E-state index in [0.29, 0.717) is 6.04 Å². The maximum atomic E-state index is 6.00. The van der Waals surface area contributed by atoms with Gasteiger partial charge in [-0.25, -0.2) is 0 Å². The number of nitrogens with zero attached hydrogens (tertiary/aromatic N) is 2. The van der Waals surface area contributed by atoms with Crippen LogP contribution in [0.3, 0.4) is 0 Å². The molecule has 2 N–H and O–H groups in total. The summed E-state index contributed by atoms with van der Waals surface area (Å²) in [5.41, 5.74) is 6.26. The van der Waals surface area contributed by atoms with E-state index in [1.54, 1.807) is 0 Å². The molecule has 1 saturated carbocycles. The van der Waals surface area contributed by atoms with Gasteiger partial charge < -0.3 is 10.6 Å². The van der Waals surface area contributed by atoms with Crippen LogP contribution >= 0.6 is 0 Å². The van der Waals surface area contributed by atoms with Crippen LogP contribution in [0.25, 0.3) is 0 Å². The maximum Gasteiger partial charge on any atom is 0.192 e. The molecule has 2 rings (SSSR count). The summed E-state index contributed by atoms with van der Waals surface area (Å²) in [6.45, 7) is 7.70. The Morgan fingerprint density at radius 3 is 2.53 bits per heavy atom. The van der Waals surface area contributed by atoms with Crippen molar-refractivity contribution in [3.63, 3.8) is 0 Å². The first-order valence-corrected chi connectivity index (χ1v) is 6.14. The maximum absolute atomic E-state index is 6.00. The summed E-state index contributed by atoms with van der Waals surface area (Å²) in [7, 11) is 0. The van der Waals surface area contributed by atoms with Crippen LogP contribution in [-0.2, 0) is 0 Å². The fraction of sp³-hybridized carbons (Fsp3) is 0.917. The lowest BCUT2D eigenvalue weighted by Gasteiger charge is -2.45. The molecule has 0 atom stereocenters. The molecule has 0 radical (unpaired) electrons. The largest absolute Gasteiger partial charge is 0.370 e. The molecule has 0 amide bonds. The predicted molar refractivity (Wildman–Crippen MR) is 63.8 cm³/mol. The van der Waals surface area contributed by atoms with E-state index in [-0.39, 0.29) is 5.54 Å². The van der Waals surface area contributed by atoms with Crippen LogP contribution in [0, 0.1) is 5.92 Å². The van der Waals surface area contributed by atoms with Crippen molar-refractivity contribution >= 4 is 5.96 Å². The van der Waals surface area contributed by atoms with Crippen LogP contribution in [0.1, 0.15) is 46.5 Å². The standard InChI is InChI=1S/C12H23N3/c1-9(2)15-11(13)14-8-12(15)6-4-10(3)5-7-12/h9-10H,4-8H2,1-3H3,(H2,13,14). The lowest BCUT2D eigenvalue weighted by Crippen LogP contribution is -2.56. The Balaban J connectivity index is 2.15. The molecule has 86 valence electrons. The van der Waals surface area contributed by atoms with Gasteiger partial charge in [0.05, 0.1) is 12.1 Å². The van der Waals surface area contributed by atoms with Gasteiger partial charge in [-0.3, -0.25) is 4.99 Å². The van der Waals surface area contributed by atoms with Crippen LogP contribution in [0.4, 0.5) is 0 Å². The van der Waals surface area contributed by atoms with E-state index >= 15 is 0 Å². The van der Waals surface area contributed by atoms with Gasteiger partial charge in [-0.2, -0.15) is 0 Å². The summed E-state index contributed by atoms with van der Waals surface area (Å²) in [5.74, 6) is 1.64. The van der Waals surface area contributed by atoms with Crippen molar-refractivity contribution < 1.29 is 0 Å². The molecule has 15 heavy (non-hydrogen) atoms. The molecule has 1 heterocycles. The van der Waals surface area contributed by atoms with Crippen molar-refractivity contribution in [3.05, 3.63) is 0 Å². The second kappa shape index (κ2) is 3.69. The van der Waals surface area contributed by atoms with E-state index in [0.717, 1.165) is 18.4 Å². The second-order valence-corrected chi connectivity index (χ2v) is 5.55. The Kier molecular flexibility index (Phi) is 2.65. The normalized spacial score (nSPS) is 36.4. The lowest BCUT2D eigenvalue weighted by molar-refractivity contribution is 0.0981. The van der Waals surface area contributed by atoms with E-state index in [4.69, 9.17) is 5.73 Å². The highest BCUT2D eigenvalue weighted by Crippen LogP contribution is 2.39. The minimum Gasteiger partial charge on any atom is -0.370 e. The van der Waals surface area contributed by atoms with E-state index in [9.17, 15) is 0 Å². The van der Waals surface area contributed by atoms with Crippen molar-refractivity contribution in [1.29, 1.82) is 0 Å². The Labute approximate surface area is 92.7 Å². The molecule has 3 heteroatoms. The number of rotatable bonds is 1. The summed E-state index contributed by atoms with van der Waals surface area (Å²) in [4.78, 5) is 6.82. The van der Waals surface area contributed by atoms with Gasteiger partial charge in [0.15, 0.2) is 5.96 Å². The third-order valence-corrected chi connectivity index (χ3v) is 4.01. The Morgan fingerprint density at radius 2 is 2.00 bits per heavy atom. The SMILES string of the molecule is CC1CCC2(CC1)CN=C(N)N2C(C)C. The van der Waals surface area contributed by atoms with Gasteiger partial charge in [0.25, 0.3) is 0 Å². The average molecular weight is 209 g/mol. The van der Waals surface area contributed by atoms with E-state index in [1.807, 2.05) is 0 Å². The number of hydrogen-bond donors (Lipinski definition) is 1. The molecular weight excluding hydrogens is 186 g/mol. The van der Waals surface area contributed by atoms with Gasteiger partial charge in [0.2, 0.25) is 0 Å². The molecule has 1 aliphatic carbocycles. The molecule has 0 bridgehead atoms. The summed E-state index contributed by atoms with van der Waals surface area (Å²) >= 11 is 0. The van der Waals surface area contributed by atoms with Crippen molar-refractivity contribution in [2.24, 2.45) is 16.6 Å². The van der Waals surface area contributed by atoms with Gasteiger partial charge >= 0.3 is 0 Å². The van der Waals surface area contributed by atoms with Crippen LogP contribution in [-0.4, -0.2) is 29.0 Å². The minimum absolute atomic E-state index is 0.269. The summed E-state index contributed by atoms with van der Waals surface area (Å²) in [5, 5.41) is 0. The van der Waals surface area contributed by atoms with Crippen molar-refractivity contribution in [2.45, 2.75) is 58.0 Å². The third-order valence-electron chi connectivity index (χ3n) is 4.01. The summed E-state index contributed by atoms with van der Waals surface area (Å²) in [6, 6.07) is 0.477. The number of guanidine groups is 1. The van der Waals surface area contributed by atoms with Crippen LogP contribution in [0.15, 0.2) is 4.99 Å². The lowest BCUT2D eigenvalue weighted by atomic mass is 9.76. The summed E-state index contributed by atoms with van der Waals surface area (Å²) < 4.78 is 0. The highest BCUT2D eigenvalue weighted by molar-refractivity contribution is 5.81. The molecule has 3 nitrogen and oxygen atoms in total. The molecule has 1 spiro atoms. The van der Waals surface area contributed by atoms with Gasteiger partial charge in [-0.1, -0.05) is 6.92 Å². The first-order chi connectivity index (χ1) is 7.05. The van der Waals surface area contributed by atoms with Crippen LogP contribution in [0.2, 0.25) is 0 Å². The van der Waals surface area contributed by atoms with Crippen molar-refractivity contribution in [3.8, 4) is 0 Å². The quantitative estimate of drug-likeness (QED) is 0.717. The molecule has 0 aromatic heterocycles. The number of hydrogen-bond acceptors (Lipinski definition) is 3. The van der Waals surface area contributed by atoms with Crippen LogP contribution < -0.4 is 5.73 Å². The van der Waals surface area contributed by atoms with Crippen molar-refractivity contribution in [1.82, 2.24) is 4.90 Å². The zero-order valence-corrected chi connectivity index (χ0v) is 10.2. The highest BCUT2D eigenvalue weighted by atomic mass is 15.4. The highest BCUT2D eigenvalue weighted by Gasteiger charge is 2.44. The molecule has 2 aliphatic rings. The van der Waals surface area contributed by atoms with E-state index in [2.05, 4.69) is 30.7 Å². The topological polar surface area (TPSA) is 41.6 Å². The molecular formula is C12H23N3. The van der Waals surface area contributed by atoms with Gasteiger partial charge in [-0.05, 0) is 45.4 Å². The van der Waals surface area contributed by atoms with E-state index < -0.39 is 0 Å². The van der Waals surface area contributed by atoms with Crippen molar-refractivity contribution in [2.75, 3.05) is 6.54 Å². The van der Waals surface area contributed by atoms with E-state index in [1.165, 1.54) is 25.7 Å². The van der Waals surface area contributed by atoms with Gasteiger partial charge in [-0.15, -0.1) is 0 Å². The molecule has 1 aliphatic heterocycles. The molecule has 0 saturated heterocycles. The smallest absolute Gasteiger partial charge is 0.192 e. The van der Waals surface area contributed by atoms with Gasteiger partial charge in [0, 0.05) is 6.04 Å².